The number of hydrogen-bond donors (Lipinski definition) is 4. The zero-order valence-corrected chi connectivity index (χ0v) is 19.7. The molecule has 5 N–H and O–H groups in total. The molecule has 0 bridgehead atoms. The van der Waals surface area contributed by atoms with Gasteiger partial charge in [0.1, 0.15) is 0 Å². The molecule has 1 amide bonds. The van der Waals surface area contributed by atoms with Crippen LogP contribution in [0.2, 0.25) is 0 Å². The first-order chi connectivity index (χ1) is 15.1. The molecule has 0 saturated carbocycles. The fraction of sp³-hybridized carbons (Fsp3) is 0.562. The minimum absolute atomic E-state index is 0.102. The fourth-order valence-electron chi connectivity index (χ4n) is 2.34. The van der Waals surface area contributed by atoms with E-state index < -0.39 is 53.5 Å². The summed E-state index contributed by atoms with van der Waals surface area (Å²) in [5.41, 5.74) is 5.18. The molecule has 33 heavy (non-hydrogen) atoms. The number of nitrogens with two attached hydrogens (primary N) is 1. The Morgan fingerprint density at radius 2 is 1.03 bits per heavy atom. The second-order valence-corrected chi connectivity index (χ2v) is 11.3. The van der Waals surface area contributed by atoms with E-state index in [1.165, 1.54) is 12.1 Å². The lowest BCUT2D eigenvalue weighted by Gasteiger charge is -2.18. The molecular weight excluding hydrogens is 510 g/mol. The van der Waals surface area contributed by atoms with Crippen LogP contribution in [0.4, 0.5) is 0 Å². The second kappa shape index (κ2) is 12.3. The van der Waals surface area contributed by atoms with E-state index in [9.17, 15) is 30.0 Å². The van der Waals surface area contributed by atoms with E-state index in [1.807, 2.05) is 0 Å². The summed E-state index contributed by atoms with van der Waals surface area (Å²) in [6, 6.07) is 2.33. The number of rotatable bonds is 16. The number of carbonyl (C=O) groups is 1. The van der Waals surface area contributed by atoms with Gasteiger partial charge in [0, 0.05) is 5.56 Å². The van der Waals surface area contributed by atoms with E-state index in [4.69, 9.17) is 33.6 Å². The van der Waals surface area contributed by atoms with Gasteiger partial charge < -0.3 is 19.9 Å². The van der Waals surface area contributed by atoms with Crippen molar-refractivity contribution in [2.24, 2.45) is 5.73 Å². The topological polar surface area (TPSA) is 234 Å². The van der Waals surface area contributed by atoms with Crippen LogP contribution < -0.4 is 19.9 Å². The maximum atomic E-state index is 11.7. The second-order valence-electron chi connectivity index (χ2n) is 6.63. The van der Waals surface area contributed by atoms with E-state index >= 15 is 0 Å². The van der Waals surface area contributed by atoms with Gasteiger partial charge in [0.15, 0.2) is 11.5 Å². The summed E-state index contributed by atoms with van der Waals surface area (Å²) in [7, 11) is -12.7. The molecule has 17 heteroatoms. The molecule has 14 nitrogen and oxygen atoms in total. The molecule has 0 aliphatic heterocycles. The Kier molecular flexibility index (Phi) is 10.8. The summed E-state index contributed by atoms with van der Waals surface area (Å²) < 4.78 is 108. The molecule has 0 unspecified atom stereocenters. The average molecular weight is 536 g/mol. The van der Waals surface area contributed by atoms with Crippen LogP contribution in [0.1, 0.15) is 29.6 Å². The normalized spacial score (nSPS) is 12.3. The summed E-state index contributed by atoms with van der Waals surface area (Å²) in [5.74, 6) is -3.09. The molecule has 0 spiro atoms. The molecule has 1 aromatic carbocycles. The van der Waals surface area contributed by atoms with Crippen molar-refractivity contribution in [2.75, 3.05) is 37.1 Å². The summed E-state index contributed by atoms with van der Waals surface area (Å²) in [4.78, 5) is 11.7. The lowest BCUT2D eigenvalue weighted by Crippen LogP contribution is -2.15. The molecule has 0 saturated heterocycles. The summed E-state index contributed by atoms with van der Waals surface area (Å²) in [6.07, 6.45) is -0.403. The predicted octanol–water partition coefficient (Wildman–Crippen LogP) is -0.244. The van der Waals surface area contributed by atoms with Crippen LogP contribution in [0, 0.1) is 0 Å². The van der Waals surface area contributed by atoms with Gasteiger partial charge in [-0.05, 0) is 31.4 Å². The molecule has 0 aliphatic carbocycles. The van der Waals surface area contributed by atoms with Crippen molar-refractivity contribution in [1.29, 1.82) is 0 Å². The standard InChI is InChI=1S/C16H25NO13S3/c17-16(18)12-10-13(28-4-1-7-31(19,20)21)15(30-6-3-9-33(25,26)27)14(11-12)29-5-2-8-32(22,23)24/h10-11H,1-9H2,(H2,17,18)(H,19,20,21)(H,22,23,24)(H,25,26,27). The molecule has 0 aliphatic rings. The first kappa shape index (κ1) is 28.9. The molecule has 0 aromatic heterocycles. The van der Waals surface area contributed by atoms with E-state index in [-0.39, 0.29) is 61.9 Å². The molecule has 0 atom stereocenters. The van der Waals surface area contributed by atoms with E-state index in [0.29, 0.717) is 0 Å². The molecule has 0 fully saturated rings. The third kappa shape index (κ3) is 13.2. The summed E-state index contributed by atoms with van der Waals surface area (Å²) in [5, 5.41) is 0. The highest BCUT2D eigenvalue weighted by Gasteiger charge is 2.19. The fourth-order valence-corrected chi connectivity index (χ4v) is 3.79. The van der Waals surface area contributed by atoms with Gasteiger partial charge in [-0.3, -0.25) is 18.5 Å². The van der Waals surface area contributed by atoms with Crippen LogP contribution in [0.25, 0.3) is 0 Å². The lowest BCUT2D eigenvalue weighted by atomic mass is 10.1. The van der Waals surface area contributed by atoms with Crippen LogP contribution in [-0.4, -0.2) is 81.9 Å². The summed E-state index contributed by atoms with van der Waals surface area (Å²) >= 11 is 0. The lowest BCUT2D eigenvalue weighted by molar-refractivity contribution is 0.0999. The van der Waals surface area contributed by atoms with Crippen LogP contribution in [0.15, 0.2) is 12.1 Å². The SMILES string of the molecule is NC(=O)c1cc(OCCCS(=O)(=O)O)c(OCCCS(=O)(=O)O)c(OCCCS(=O)(=O)O)c1. The van der Waals surface area contributed by atoms with Crippen molar-refractivity contribution in [2.45, 2.75) is 19.3 Å². The van der Waals surface area contributed by atoms with Crippen LogP contribution in [0.3, 0.4) is 0 Å². The van der Waals surface area contributed by atoms with E-state index in [0.717, 1.165) is 0 Å². The number of benzene rings is 1. The third-order valence-corrected chi connectivity index (χ3v) is 6.12. The van der Waals surface area contributed by atoms with Gasteiger partial charge in [0.2, 0.25) is 11.7 Å². The van der Waals surface area contributed by atoms with Crippen molar-refractivity contribution in [3.63, 3.8) is 0 Å². The number of amides is 1. The molecule has 1 rings (SSSR count). The number of carbonyl (C=O) groups excluding carboxylic acids is 1. The minimum Gasteiger partial charge on any atom is -0.489 e. The van der Waals surface area contributed by atoms with Crippen molar-refractivity contribution < 1.29 is 57.9 Å². The molecule has 0 radical (unpaired) electrons. The monoisotopic (exact) mass is 535 g/mol. The average Bonchev–Trinajstić information content (AvgIpc) is 2.64. The van der Waals surface area contributed by atoms with Crippen molar-refractivity contribution in [1.82, 2.24) is 0 Å². The Labute approximate surface area is 191 Å². The van der Waals surface area contributed by atoms with E-state index in [2.05, 4.69) is 0 Å². The molecule has 190 valence electrons. The molecular formula is C16H25NO13S3. The van der Waals surface area contributed by atoms with Crippen molar-refractivity contribution in [3.8, 4) is 17.2 Å². The Morgan fingerprint density at radius 3 is 1.33 bits per heavy atom. The first-order valence-electron chi connectivity index (χ1n) is 9.29. The number of primary amides is 1. The minimum atomic E-state index is -4.24. The van der Waals surface area contributed by atoms with Crippen molar-refractivity contribution in [3.05, 3.63) is 17.7 Å². The van der Waals surface area contributed by atoms with Gasteiger partial charge in [0.05, 0.1) is 37.1 Å². The molecule has 0 heterocycles. The summed E-state index contributed by atoms with van der Waals surface area (Å²) in [6.45, 7) is -0.740. The highest BCUT2D eigenvalue weighted by atomic mass is 32.2. The Bertz CT molecular complexity index is 1070. The van der Waals surface area contributed by atoms with Gasteiger partial charge in [0.25, 0.3) is 30.4 Å². The number of hydrogen-bond acceptors (Lipinski definition) is 10. The Hall–Kier alpha value is -2.18. The zero-order valence-electron chi connectivity index (χ0n) is 17.2. The van der Waals surface area contributed by atoms with Gasteiger partial charge >= 0.3 is 0 Å². The Morgan fingerprint density at radius 1 is 0.697 bits per heavy atom. The van der Waals surface area contributed by atoms with Gasteiger partial charge in [-0.15, -0.1) is 0 Å². The van der Waals surface area contributed by atoms with Crippen LogP contribution in [0.5, 0.6) is 17.2 Å². The van der Waals surface area contributed by atoms with E-state index in [1.54, 1.807) is 0 Å². The molecule has 1 aromatic rings. The zero-order chi connectivity index (χ0) is 25.3. The smallest absolute Gasteiger partial charge is 0.264 e. The van der Waals surface area contributed by atoms with Crippen LogP contribution >= 0.6 is 0 Å². The maximum Gasteiger partial charge on any atom is 0.264 e. The van der Waals surface area contributed by atoms with Gasteiger partial charge in [-0.25, -0.2) is 0 Å². The quantitative estimate of drug-likeness (QED) is 0.158. The highest BCUT2D eigenvalue weighted by molar-refractivity contribution is 7.86. The van der Waals surface area contributed by atoms with Gasteiger partial charge in [-0.2, -0.15) is 25.3 Å². The Balaban J connectivity index is 3.12. The predicted molar refractivity (Wildman–Crippen MR) is 115 cm³/mol. The van der Waals surface area contributed by atoms with Gasteiger partial charge in [-0.1, -0.05) is 0 Å². The largest absolute Gasteiger partial charge is 0.489 e. The van der Waals surface area contributed by atoms with Crippen molar-refractivity contribution >= 4 is 36.3 Å². The third-order valence-electron chi connectivity index (χ3n) is 3.71. The number of ether oxygens (including phenoxy) is 3. The first-order valence-corrected chi connectivity index (χ1v) is 14.1. The maximum absolute atomic E-state index is 11.7. The highest BCUT2D eigenvalue weighted by Crippen LogP contribution is 2.39. The van der Waals surface area contributed by atoms with Crippen LogP contribution in [-0.2, 0) is 30.4 Å².